The number of pyridine rings is 1. The third-order valence-corrected chi connectivity index (χ3v) is 8.34. The molecule has 0 unspecified atom stereocenters. The van der Waals surface area contributed by atoms with Crippen molar-refractivity contribution in [1.82, 2.24) is 9.88 Å². The molecule has 0 atom stereocenters. The van der Waals surface area contributed by atoms with Crippen molar-refractivity contribution in [2.75, 3.05) is 38.9 Å². The second-order valence-electron chi connectivity index (χ2n) is 10.3. The average molecular weight is 600 g/mol. The highest BCUT2D eigenvalue weighted by molar-refractivity contribution is 7.99. The summed E-state index contributed by atoms with van der Waals surface area (Å²) >= 11 is 1.77. The second-order valence-corrected chi connectivity index (χ2v) is 11.5. The Kier molecular flexibility index (Phi) is 9.64. The number of carbonyl (C=O) groups is 1. The van der Waals surface area contributed by atoms with Crippen LogP contribution in [0, 0.1) is 5.82 Å². The van der Waals surface area contributed by atoms with Gasteiger partial charge in [0, 0.05) is 27.9 Å². The van der Waals surface area contributed by atoms with E-state index in [0.717, 1.165) is 41.7 Å². The number of amides is 1. The highest BCUT2D eigenvalue weighted by Gasteiger charge is 2.14. The molecule has 0 aliphatic rings. The smallest absolute Gasteiger partial charge is 0.228 e. The first-order valence-corrected chi connectivity index (χ1v) is 15.0. The molecule has 1 heterocycles. The Morgan fingerprint density at radius 3 is 2.40 bits per heavy atom. The molecule has 5 rings (SSSR count). The van der Waals surface area contributed by atoms with E-state index in [-0.39, 0.29) is 28.7 Å². The summed E-state index contributed by atoms with van der Waals surface area (Å²) in [6.45, 7) is 1.78. The normalized spacial score (nSPS) is 11.3. The molecule has 0 aliphatic heterocycles. The van der Waals surface area contributed by atoms with Crippen LogP contribution >= 0.6 is 11.8 Å². The van der Waals surface area contributed by atoms with Gasteiger partial charge in [-0.2, -0.15) is 0 Å². The minimum atomic E-state index is -0.504. The molecule has 0 saturated carbocycles. The van der Waals surface area contributed by atoms with Crippen molar-refractivity contribution >= 4 is 45.2 Å². The molecular weight excluding hydrogens is 565 g/mol. The van der Waals surface area contributed by atoms with E-state index in [4.69, 9.17) is 9.47 Å². The van der Waals surface area contributed by atoms with Gasteiger partial charge in [0.15, 0.2) is 16.9 Å². The van der Waals surface area contributed by atoms with Crippen LogP contribution in [0.2, 0.25) is 0 Å². The molecule has 4 aromatic carbocycles. The zero-order valence-electron chi connectivity index (χ0n) is 24.4. The molecule has 9 heteroatoms. The van der Waals surface area contributed by atoms with Crippen molar-refractivity contribution in [2.24, 2.45) is 0 Å². The molecule has 0 radical (unpaired) electrons. The Labute approximate surface area is 254 Å². The number of benzene rings is 4. The van der Waals surface area contributed by atoms with Crippen molar-refractivity contribution < 1.29 is 18.7 Å². The van der Waals surface area contributed by atoms with Gasteiger partial charge in [-0.1, -0.05) is 24.3 Å². The summed E-state index contributed by atoms with van der Waals surface area (Å²) in [7, 11) is 5.38. The van der Waals surface area contributed by atoms with Crippen molar-refractivity contribution in [3.63, 3.8) is 0 Å². The maximum absolute atomic E-state index is 14.4. The Hall–Kier alpha value is -4.34. The second kappa shape index (κ2) is 13.8. The Morgan fingerprint density at radius 1 is 0.930 bits per heavy atom. The maximum Gasteiger partial charge on any atom is 0.228 e. The topological polar surface area (TPSA) is 83.7 Å². The lowest BCUT2D eigenvalue weighted by atomic mass is 10.0. The number of nitrogens with one attached hydrogen (secondary N) is 2. The number of hydrogen-bond acceptors (Lipinski definition) is 6. The number of carbonyl (C=O) groups excluding carboxylic acids is 1. The van der Waals surface area contributed by atoms with Gasteiger partial charge in [0.2, 0.25) is 5.91 Å². The van der Waals surface area contributed by atoms with Gasteiger partial charge in [0.25, 0.3) is 0 Å². The number of anilines is 1. The third kappa shape index (κ3) is 7.18. The lowest BCUT2D eigenvalue weighted by molar-refractivity contribution is -0.115. The van der Waals surface area contributed by atoms with E-state index in [1.54, 1.807) is 50.2 Å². The number of rotatable bonds is 12. The standard InChI is InChI=1S/C34H34FN3O4S/c1-38(21-22-11-16-29(41-2)30(19-22)42-3)17-6-18-43-25-14-12-24(13-15-25)36-31(39)20-23-7-4-8-26-32(23)37-33-27(34(26)40)9-5-10-28(33)35/h4-5,7-16,19H,6,17-18,20-21H2,1-3H3,(H,36,39)(H,37,40). The minimum Gasteiger partial charge on any atom is -0.493 e. The van der Waals surface area contributed by atoms with Gasteiger partial charge in [-0.25, -0.2) is 4.39 Å². The average Bonchev–Trinajstić information content (AvgIpc) is 3.01. The van der Waals surface area contributed by atoms with Crippen LogP contribution in [0.4, 0.5) is 10.1 Å². The summed E-state index contributed by atoms with van der Waals surface area (Å²) in [5.74, 6) is 1.70. The number of methoxy groups -OCH3 is 2. The Morgan fingerprint density at radius 2 is 1.65 bits per heavy atom. The minimum absolute atomic E-state index is 0.0422. The zero-order chi connectivity index (χ0) is 30.3. The molecule has 1 amide bonds. The van der Waals surface area contributed by atoms with Gasteiger partial charge in [-0.15, -0.1) is 11.8 Å². The Bertz CT molecular complexity index is 1810. The van der Waals surface area contributed by atoms with Crippen LogP contribution in [-0.2, 0) is 17.8 Å². The lowest BCUT2D eigenvalue weighted by Gasteiger charge is -2.17. The monoisotopic (exact) mass is 599 g/mol. The first kappa shape index (κ1) is 30.1. The van der Waals surface area contributed by atoms with Crippen LogP contribution in [0.25, 0.3) is 21.8 Å². The largest absolute Gasteiger partial charge is 0.493 e. The molecule has 43 heavy (non-hydrogen) atoms. The Balaban J connectivity index is 1.12. The summed E-state index contributed by atoms with van der Waals surface area (Å²) < 4.78 is 25.1. The van der Waals surface area contributed by atoms with Crippen LogP contribution < -0.4 is 20.2 Å². The van der Waals surface area contributed by atoms with Crippen molar-refractivity contribution in [2.45, 2.75) is 24.3 Å². The first-order chi connectivity index (χ1) is 20.9. The molecular formula is C34H34FN3O4S. The van der Waals surface area contributed by atoms with Crippen LogP contribution in [0.1, 0.15) is 17.5 Å². The highest BCUT2D eigenvalue weighted by Crippen LogP contribution is 2.28. The number of thioether (sulfide) groups is 1. The number of halogens is 1. The summed E-state index contributed by atoms with van der Waals surface area (Å²) in [6, 6.07) is 23.4. The molecule has 7 nitrogen and oxygen atoms in total. The molecule has 5 aromatic rings. The number of hydrogen-bond donors (Lipinski definition) is 2. The molecule has 0 spiro atoms. The van der Waals surface area contributed by atoms with Crippen LogP contribution in [0.5, 0.6) is 11.5 Å². The number of fused-ring (bicyclic) bond motifs is 2. The predicted molar refractivity (Wildman–Crippen MR) is 172 cm³/mol. The molecule has 0 fully saturated rings. The quantitative estimate of drug-likeness (QED) is 0.0952. The van der Waals surface area contributed by atoms with Gasteiger partial charge in [0.05, 0.1) is 31.7 Å². The van der Waals surface area contributed by atoms with Gasteiger partial charge in [-0.05, 0) is 91.5 Å². The fraction of sp³-hybridized carbons (Fsp3) is 0.235. The van der Waals surface area contributed by atoms with E-state index in [0.29, 0.717) is 22.2 Å². The van der Waals surface area contributed by atoms with E-state index >= 15 is 0 Å². The molecule has 0 saturated heterocycles. The summed E-state index contributed by atoms with van der Waals surface area (Å²) in [4.78, 5) is 32.3. The van der Waals surface area contributed by atoms with Crippen molar-refractivity contribution in [1.29, 1.82) is 0 Å². The molecule has 0 bridgehead atoms. The van der Waals surface area contributed by atoms with Crippen LogP contribution in [-0.4, -0.2) is 49.4 Å². The SMILES string of the molecule is COc1ccc(CN(C)CCCSc2ccc(NC(=O)Cc3cccc4c(=O)c5cccc(F)c5[nH]c34)cc2)cc1OC. The fourth-order valence-electron chi connectivity index (χ4n) is 5.10. The summed E-state index contributed by atoms with van der Waals surface area (Å²) in [6.07, 6.45) is 1.07. The number of aromatic nitrogens is 1. The highest BCUT2D eigenvalue weighted by atomic mass is 32.2. The summed E-state index contributed by atoms with van der Waals surface area (Å²) in [5.41, 5.74) is 2.84. The number of nitrogens with zero attached hydrogens (tertiary/aromatic N) is 1. The van der Waals surface area contributed by atoms with E-state index in [2.05, 4.69) is 28.3 Å². The van der Waals surface area contributed by atoms with Crippen molar-refractivity contribution in [3.8, 4) is 11.5 Å². The number of ether oxygens (including phenoxy) is 2. The van der Waals surface area contributed by atoms with Crippen LogP contribution in [0.15, 0.2) is 88.6 Å². The van der Waals surface area contributed by atoms with Crippen LogP contribution in [0.3, 0.4) is 0 Å². The van der Waals surface area contributed by atoms with Gasteiger partial charge in [-0.3, -0.25) is 9.59 Å². The molecule has 1 aromatic heterocycles. The summed E-state index contributed by atoms with van der Waals surface area (Å²) in [5, 5.41) is 3.64. The third-order valence-electron chi connectivity index (χ3n) is 7.25. The molecule has 2 N–H and O–H groups in total. The zero-order valence-corrected chi connectivity index (χ0v) is 25.2. The van der Waals surface area contributed by atoms with E-state index in [1.807, 2.05) is 36.4 Å². The lowest BCUT2D eigenvalue weighted by Crippen LogP contribution is -2.19. The van der Waals surface area contributed by atoms with Crippen molar-refractivity contribution in [3.05, 3.63) is 106 Å². The van der Waals surface area contributed by atoms with Gasteiger partial charge >= 0.3 is 0 Å². The molecule has 0 aliphatic carbocycles. The number of para-hydroxylation sites is 2. The van der Waals surface area contributed by atoms with E-state index in [1.165, 1.54) is 17.7 Å². The van der Waals surface area contributed by atoms with Gasteiger partial charge < -0.3 is 24.7 Å². The van der Waals surface area contributed by atoms with Gasteiger partial charge in [0.1, 0.15) is 5.82 Å². The fourth-order valence-corrected chi connectivity index (χ4v) is 5.94. The maximum atomic E-state index is 14.4. The first-order valence-electron chi connectivity index (χ1n) is 14.0. The molecule has 222 valence electrons. The number of H-pyrrole nitrogens is 1. The van der Waals surface area contributed by atoms with E-state index in [9.17, 15) is 14.0 Å². The van der Waals surface area contributed by atoms with E-state index < -0.39 is 5.82 Å². The number of aromatic amines is 1. The predicted octanol–water partition coefficient (Wildman–Crippen LogP) is 6.63.